The van der Waals surface area contributed by atoms with Crippen molar-refractivity contribution in [3.63, 3.8) is 0 Å². The molecule has 1 N–H and O–H groups in total. The number of hydrogen-bond donors (Lipinski definition) is 1. The number of nitrogens with zero attached hydrogens (tertiary/aromatic N) is 1. The van der Waals surface area contributed by atoms with Crippen LogP contribution in [-0.4, -0.2) is 24.4 Å². The molecule has 0 saturated carbocycles. The van der Waals surface area contributed by atoms with Gasteiger partial charge in [0.05, 0.1) is 17.2 Å². The number of aromatic amines is 1. The Hall–Kier alpha value is -1.14. The molecule has 0 unspecified atom stereocenters. The number of hydrogen-bond acceptors (Lipinski definition) is 3. The number of halogens is 1. The molecule has 0 saturated heterocycles. The number of rotatable bonds is 1. The van der Waals surface area contributed by atoms with Crippen LogP contribution in [0, 0.1) is 0 Å². The molecule has 0 amide bonds. The summed E-state index contributed by atoms with van der Waals surface area (Å²) in [5.41, 5.74) is 3.44. The summed E-state index contributed by atoms with van der Waals surface area (Å²) in [5, 5.41) is 7.22. The first-order valence-electron chi connectivity index (χ1n) is 5.58. The third kappa shape index (κ3) is 2.10. The average molecular weight is 327 g/mol. The molecule has 0 spiro atoms. The molecule has 6 heteroatoms. The number of benzene rings is 1. The van der Waals surface area contributed by atoms with Crippen LogP contribution >= 0.6 is 15.9 Å². The van der Waals surface area contributed by atoms with E-state index >= 15 is 0 Å². The molecule has 1 aliphatic rings. The number of nitrogens with one attached hydrogen (secondary N) is 1. The van der Waals surface area contributed by atoms with Crippen molar-refractivity contribution < 1.29 is 8.42 Å². The fourth-order valence-electron chi connectivity index (χ4n) is 2.19. The van der Waals surface area contributed by atoms with Crippen molar-refractivity contribution in [2.24, 2.45) is 0 Å². The third-order valence-corrected chi connectivity index (χ3v) is 5.13. The van der Waals surface area contributed by atoms with Gasteiger partial charge in [-0.25, -0.2) is 8.42 Å². The Kier molecular flexibility index (Phi) is 2.79. The Balaban J connectivity index is 2.13. The smallest absolute Gasteiger partial charge is 0.154 e. The van der Waals surface area contributed by atoms with Gasteiger partial charge in [-0.2, -0.15) is 5.10 Å². The zero-order valence-corrected chi connectivity index (χ0v) is 11.9. The molecule has 1 aromatic heterocycles. The summed E-state index contributed by atoms with van der Waals surface area (Å²) in [5.74, 6) is 0.292. The molecule has 0 bridgehead atoms. The van der Waals surface area contributed by atoms with E-state index in [-0.39, 0.29) is 11.5 Å². The maximum atomic E-state index is 11.7. The van der Waals surface area contributed by atoms with E-state index in [1.165, 1.54) is 0 Å². The first kappa shape index (κ1) is 11.9. The van der Waals surface area contributed by atoms with Crippen LogP contribution < -0.4 is 0 Å². The van der Waals surface area contributed by atoms with Crippen LogP contribution in [0.5, 0.6) is 0 Å². The van der Waals surface area contributed by atoms with Gasteiger partial charge in [0.15, 0.2) is 9.84 Å². The van der Waals surface area contributed by atoms with E-state index in [1.54, 1.807) is 0 Å². The average Bonchev–Trinajstić information content (AvgIpc) is 2.70. The topological polar surface area (TPSA) is 62.8 Å². The molecule has 94 valence electrons. The molecule has 0 fully saturated rings. The summed E-state index contributed by atoms with van der Waals surface area (Å²) >= 11 is 3.41. The number of aryl methyl sites for hydroxylation is 1. The van der Waals surface area contributed by atoms with Gasteiger partial charge < -0.3 is 0 Å². The van der Waals surface area contributed by atoms with Gasteiger partial charge in [0.25, 0.3) is 0 Å². The summed E-state index contributed by atoms with van der Waals surface area (Å²) in [4.78, 5) is 0. The summed E-state index contributed by atoms with van der Waals surface area (Å²) in [7, 11) is -2.98. The fourth-order valence-corrected chi connectivity index (χ4v) is 4.00. The van der Waals surface area contributed by atoms with E-state index in [4.69, 9.17) is 0 Å². The molecule has 18 heavy (non-hydrogen) atoms. The van der Waals surface area contributed by atoms with E-state index in [0.29, 0.717) is 6.42 Å². The van der Waals surface area contributed by atoms with Crippen molar-refractivity contribution in [1.82, 2.24) is 10.2 Å². The van der Waals surface area contributed by atoms with Crippen LogP contribution in [0.25, 0.3) is 11.3 Å². The quantitative estimate of drug-likeness (QED) is 0.874. The largest absolute Gasteiger partial charge is 0.282 e. The highest BCUT2D eigenvalue weighted by Crippen LogP contribution is 2.30. The second-order valence-electron chi connectivity index (χ2n) is 4.38. The molecule has 2 heterocycles. The normalized spacial score (nSPS) is 17.4. The van der Waals surface area contributed by atoms with E-state index in [0.717, 1.165) is 27.0 Å². The summed E-state index contributed by atoms with van der Waals surface area (Å²) in [6, 6.07) is 7.72. The highest BCUT2D eigenvalue weighted by atomic mass is 79.9. The standard InChI is InChI=1S/C12H11BrN2O2S/c13-9-3-1-2-8(6-9)12-10-7-18(16,17)5-4-11(10)14-15-12/h1-3,6H,4-5,7H2,(H,14,15). The van der Waals surface area contributed by atoms with Gasteiger partial charge in [-0.3, -0.25) is 5.10 Å². The first-order valence-corrected chi connectivity index (χ1v) is 8.19. The van der Waals surface area contributed by atoms with Gasteiger partial charge in [0, 0.05) is 27.7 Å². The Labute approximate surface area is 113 Å². The third-order valence-electron chi connectivity index (χ3n) is 3.08. The molecular formula is C12H11BrN2O2S. The lowest BCUT2D eigenvalue weighted by Crippen LogP contribution is -2.18. The van der Waals surface area contributed by atoms with E-state index < -0.39 is 9.84 Å². The van der Waals surface area contributed by atoms with Crippen LogP contribution in [0.1, 0.15) is 11.3 Å². The Morgan fingerprint density at radius 2 is 2.17 bits per heavy atom. The predicted molar refractivity (Wildman–Crippen MR) is 72.9 cm³/mol. The van der Waals surface area contributed by atoms with Crippen molar-refractivity contribution in [3.8, 4) is 11.3 Å². The minimum atomic E-state index is -2.98. The molecule has 1 aromatic carbocycles. The van der Waals surface area contributed by atoms with Gasteiger partial charge in [0.2, 0.25) is 0 Å². The molecule has 0 atom stereocenters. The van der Waals surface area contributed by atoms with Gasteiger partial charge >= 0.3 is 0 Å². The van der Waals surface area contributed by atoms with Gasteiger partial charge in [-0.05, 0) is 12.1 Å². The van der Waals surface area contributed by atoms with Crippen molar-refractivity contribution in [2.75, 3.05) is 5.75 Å². The van der Waals surface area contributed by atoms with Crippen LogP contribution in [-0.2, 0) is 22.0 Å². The lowest BCUT2D eigenvalue weighted by atomic mass is 10.1. The summed E-state index contributed by atoms with van der Waals surface area (Å²) < 4.78 is 24.4. The lowest BCUT2D eigenvalue weighted by molar-refractivity contribution is 0.591. The second kappa shape index (κ2) is 4.20. The molecule has 2 aromatic rings. The Morgan fingerprint density at radius 1 is 1.33 bits per heavy atom. The highest BCUT2D eigenvalue weighted by molar-refractivity contribution is 9.10. The minimum Gasteiger partial charge on any atom is -0.282 e. The monoisotopic (exact) mass is 326 g/mol. The van der Waals surface area contributed by atoms with E-state index in [9.17, 15) is 8.42 Å². The van der Waals surface area contributed by atoms with E-state index in [1.807, 2.05) is 24.3 Å². The van der Waals surface area contributed by atoms with Crippen LogP contribution in [0.15, 0.2) is 28.7 Å². The molecule has 3 rings (SSSR count). The maximum absolute atomic E-state index is 11.7. The predicted octanol–water partition coefficient (Wildman–Crippen LogP) is 2.31. The van der Waals surface area contributed by atoms with Crippen LogP contribution in [0.2, 0.25) is 0 Å². The maximum Gasteiger partial charge on any atom is 0.154 e. The number of aromatic nitrogens is 2. The zero-order chi connectivity index (χ0) is 12.8. The van der Waals surface area contributed by atoms with Crippen LogP contribution in [0.3, 0.4) is 0 Å². The molecule has 4 nitrogen and oxygen atoms in total. The first-order chi connectivity index (χ1) is 8.55. The molecule has 1 aliphatic heterocycles. The number of sulfone groups is 1. The number of H-pyrrole nitrogens is 1. The highest BCUT2D eigenvalue weighted by Gasteiger charge is 2.26. The molecule has 0 radical (unpaired) electrons. The fraction of sp³-hybridized carbons (Fsp3) is 0.250. The summed E-state index contributed by atoms with van der Waals surface area (Å²) in [6.07, 6.45) is 0.526. The Morgan fingerprint density at radius 3 is 2.94 bits per heavy atom. The van der Waals surface area contributed by atoms with Crippen molar-refractivity contribution in [1.29, 1.82) is 0 Å². The zero-order valence-electron chi connectivity index (χ0n) is 9.48. The SMILES string of the molecule is O=S1(=O)CCc2[nH]nc(-c3cccc(Br)c3)c2C1. The Bertz CT molecular complexity index is 707. The van der Waals surface area contributed by atoms with Crippen molar-refractivity contribution in [3.05, 3.63) is 40.0 Å². The summed E-state index contributed by atoms with van der Waals surface area (Å²) in [6.45, 7) is 0. The molecule has 0 aliphatic carbocycles. The van der Waals surface area contributed by atoms with Gasteiger partial charge in [0.1, 0.15) is 0 Å². The lowest BCUT2D eigenvalue weighted by Gasteiger charge is -2.12. The van der Waals surface area contributed by atoms with Gasteiger partial charge in [-0.15, -0.1) is 0 Å². The van der Waals surface area contributed by atoms with Gasteiger partial charge in [-0.1, -0.05) is 28.1 Å². The number of fused-ring (bicyclic) bond motifs is 1. The van der Waals surface area contributed by atoms with Crippen LogP contribution in [0.4, 0.5) is 0 Å². The second-order valence-corrected chi connectivity index (χ2v) is 7.48. The molecular weight excluding hydrogens is 316 g/mol. The van der Waals surface area contributed by atoms with Crippen molar-refractivity contribution >= 4 is 25.8 Å². The van der Waals surface area contributed by atoms with E-state index in [2.05, 4.69) is 26.1 Å². The minimum absolute atomic E-state index is 0.0840. The van der Waals surface area contributed by atoms with Crippen molar-refractivity contribution in [2.45, 2.75) is 12.2 Å².